The summed E-state index contributed by atoms with van der Waals surface area (Å²) in [5, 5.41) is 1.14. The number of ether oxygens (including phenoxy) is 2. The molecular formula is C28H33N3O3. The third-order valence-corrected chi connectivity index (χ3v) is 4.96. The average Bonchev–Trinajstić information content (AvgIpc) is 3.24. The van der Waals surface area contributed by atoms with Crippen LogP contribution in [0.3, 0.4) is 0 Å². The monoisotopic (exact) mass is 459 g/mol. The number of aryl methyl sites for hydroxylation is 1. The van der Waals surface area contributed by atoms with Gasteiger partial charge in [-0.3, -0.25) is 9.36 Å². The standard InChI is InChI=1S/C26H27N3O3.C2H6/c1-18-14-19(15-22-21(18)10-13-29(22)25-27-11-7-12-28-25)17-31-23-9-6-5-8-20(23)16-24(30)32-26(2,3)4;1-2/h5-15H,16-17H2,1-4H3;1-2H3. The summed E-state index contributed by atoms with van der Waals surface area (Å²) in [4.78, 5) is 21.0. The van der Waals surface area contributed by atoms with Crippen molar-refractivity contribution in [1.29, 1.82) is 0 Å². The lowest BCUT2D eigenvalue weighted by Gasteiger charge is -2.20. The van der Waals surface area contributed by atoms with Gasteiger partial charge in [-0.25, -0.2) is 9.97 Å². The van der Waals surface area contributed by atoms with Crippen LogP contribution < -0.4 is 4.74 Å². The highest BCUT2D eigenvalue weighted by atomic mass is 16.6. The van der Waals surface area contributed by atoms with Crippen molar-refractivity contribution in [2.75, 3.05) is 0 Å². The summed E-state index contributed by atoms with van der Waals surface area (Å²) >= 11 is 0. The van der Waals surface area contributed by atoms with Crippen molar-refractivity contribution in [3.05, 3.63) is 83.8 Å². The van der Waals surface area contributed by atoms with Crippen LogP contribution in [-0.4, -0.2) is 26.1 Å². The van der Waals surface area contributed by atoms with Gasteiger partial charge < -0.3 is 9.47 Å². The molecule has 0 radical (unpaired) electrons. The zero-order valence-electron chi connectivity index (χ0n) is 20.8. The van der Waals surface area contributed by atoms with Crippen LogP contribution in [-0.2, 0) is 22.6 Å². The van der Waals surface area contributed by atoms with Crippen molar-refractivity contribution < 1.29 is 14.3 Å². The van der Waals surface area contributed by atoms with Crippen molar-refractivity contribution in [3.63, 3.8) is 0 Å². The molecule has 0 atom stereocenters. The first-order valence-corrected chi connectivity index (χ1v) is 11.6. The number of hydrogen-bond donors (Lipinski definition) is 0. The molecular weight excluding hydrogens is 426 g/mol. The number of carbonyl (C=O) groups excluding carboxylic acids is 1. The highest BCUT2D eigenvalue weighted by Crippen LogP contribution is 2.26. The van der Waals surface area contributed by atoms with Crippen LogP contribution in [0.2, 0.25) is 0 Å². The van der Waals surface area contributed by atoms with E-state index < -0.39 is 5.60 Å². The molecule has 0 aliphatic carbocycles. The Hall–Kier alpha value is -3.67. The lowest BCUT2D eigenvalue weighted by Crippen LogP contribution is -2.25. The molecule has 0 saturated heterocycles. The molecule has 4 aromatic rings. The van der Waals surface area contributed by atoms with Crippen LogP contribution in [0.4, 0.5) is 0 Å². The van der Waals surface area contributed by atoms with Crippen LogP contribution in [0.5, 0.6) is 5.75 Å². The Kier molecular flexibility index (Phi) is 8.05. The molecule has 34 heavy (non-hydrogen) atoms. The largest absolute Gasteiger partial charge is 0.489 e. The van der Waals surface area contributed by atoms with E-state index >= 15 is 0 Å². The molecule has 2 aromatic carbocycles. The van der Waals surface area contributed by atoms with Crippen LogP contribution in [0, 0.1) is 6.92 Å². The first-order chi connectivity index (χ1) is 16.3. The number of nitrogens with zero attached hydrogens (tertiary/aromatic N) is 3. The molecule has 2 aromatic heterocycles. The number of hydrogen-bond acceptors (Lipinski definition) is 5. The minimum atomic E-state index is -0.517. The lowest BCUT2D eigenvalue weighted by molar-refractivity contribution is -0.153. The third kappa shape index (κ3) is 6.22. The van der Waals surface area contributed by atoms with Crippen molar-refractivity contribution in [1.82, 2.24) is 14.5 Å². The summed E-state index contributed by atoms with van der Waals surface area (Å²) in [6.07, 6.45) is 5.61. The molecule has 6 heteroatoms. The second-order valence-corrected chi connectivity index (χ2v) is 8.74. The summed E-state index contributed by atoms with van der Waals surface area (Å²) in [7, 11) is 0. The number of rotatable bonds is 6. The van der Waals surface area contributed by atoms with Gasteiger partial charge in [-0.1, -0.05) is 38.1 Å². The van der Waals surface area contributed by atoms with E-state index in [-0.39, 0.29) is 12.4 Å². The molecule has 0 N–H and O–H groups in total. The summed E-state index contributed by atoms with van der Waals surface area (Å²) in [5.41, 5.74) is 3.49. The summed E-state index contributed by atoms with van der Waals surface area (Å²) < 4.78 is 13.6. The minimum Gasteiger partial charge on any atom is -0.489 e. The topological polar surface area (TPSA) is 66.2 Å². The molecule has 0 fully saturated rings. The molecule has 6 nitrogen and oxygen atoms in total. The van der Waals surface area contributed by atoms with Crippen LogP contribution in [0.25, 0.3) is 16.9 Å². The molecule has 2 heterocycles. The fourth-order valence-corrected chi connectivity index (χ4v) is 3.66. The van der Waals surface area contributed by atoms with Gasteiger partial charge in [0.15, 0.2) is 0 Å². The van der Waals surface area contributed by atoms with E-state index in [2.05, 4.69) is 35.1 Å². The van der Waals surface area contributed by atoms with Gasteiger partial charge in [0.2, 0.25) is 5.95 Å². The van der Waals surface area contributed by atoms with Gasteiger partial charge in [-0.2, -0.15) is 0 Å². The van der Waals surface area contributed by atoms with Gasteiger partial charge in [-0.15, -0.1) is 0 Å². The Morgan fingerprint density at radius 2 is 1.71 bits per heavy atom. The van der Waals surface area contributed by atoms with Gasteiger partial charge in [0.25, 0.3) is 0 Å². The van der Waals surface area contributed by atoms with E-state index in [1.54, 1.807) is 18.5 Å². The van der Waals surface area contributed by atoms with Crippen molar-refractivity contribution in [2.45, 2.75) is 60.2 Å². The van der Waals surface area contributed by atoms with E-state index in [9.17, 15) is 4.79 Å². The zero-order valence-corrected chi connectivity index (χ0v) is 20.8. The number of benzene rings is 2. The Morgan fingerprint density at radius 1 is 1.00 bits per heavy atom. The molecule has 0 spiro atoms. The zero-order chi connectivity index (χ0) is 24.7. The Balaban J connectivity index is 0.00000158. The lowest BCUT2D eigenvalue weighted by atomic mass is 10.1. The number of aromatic nitrogens is 3. The maximum Gasteiger partial charge on any atom is 0.310 e. The van der Waals surface area contributed by atoms with Crippen molar-refractivity contribution >= 4 is 16.9 Å². The number of fused-ring (bicyclic) bond motifs is 1. The van der Waals surface area contributed by atoms with Gasteiger partial charge in [-0.05, 0) is 63.1 Å². The first-order valence-electron chi connectivity index (χ1n) is 11.6. The highest BCUT2D eigenvalue weighted by molar-refractivity contribution is 5.85. The van der Waals surface area contributed by atoms with Crippen molar-refractivity contribution in [2.24, 2.45) is 0 Å². The summed E-state index contributed by atoms with van der Waals surface area (Å²) in [5.74, 6) is 1.03. The Labute approximate surface area is 201 Å². The first kappa shape index (κ1) is 25.0. The van der Waals surface area contributed by atoms with Crippen molar-refractivity contribution in [3.8, 4) is 11.7 Å². The fourth-order valence-electron chi connectivity index (χ4n) is 3.66. The Morgan fingerprint density at radius 3 is 2.41 bits per heavy atom. The van der Waals surface area contributed by atoms with Gasteiger partial charge in [0.1, 0.15) is 18.0 Å². The number of esters is 1. The molecule has 0 saturated carbocycles. The molecule has 178 valence electrons. The summed E-state index contributed by atoms with van der Waals surface area (Å²) in [6, 6.07) is 15.7. The fraction of sp³-hybridized carbons (Fsp3) is 0.321. The molecule has 0 unspecified atom stereocenters. The second kappa shape index (κ2) is 11.0. The second-order valence-electron chi connectivity index (χ2n) is 8.74. The highest BCUT2D eigenvalue weighted by Gasteiger charge is 2.18. The van der Waals surface area contributed by atoms with E-state index in [1.165, 1.54) is 0 Å². The quantitative estimate of drug-likeness (QED) is 0.320. The van der Waals surface area contributed by atoms with E-state index in [4.69, 9.17) is 9.47 Å². The molecule has 0 amide bonds. The Bertz CT molecular complexity index is 1240. The van der Waals surface area contributed by atoms with Crippen LogP contribution >= 0.6 is 0 Å². The van der Waals surface area contributed by atoms with Gasteiger partial charge in [0, 0.05) is 29.5 Å². The number of para-hydroxylation sites is 1. The molecule has 0 aliphatic heterocycles. The minimum absolute atomic E-state index is 0.166. The van der Waals surface area contributed by atoms with E-state index in [0.29, 0.717) is 18.3 Å². The molecule has 0 bridgehead atoms. The maximum absolute atomic E-state index is 12.3. The van der Waals surface area contributed by atoms with Gasteiger partial charge in [0.05, 0.1) is 11.9 Å². The number of carbonyl (C=O) groups is 1. The summed E-state index contributed by atoms with van der Waals surface area (Å²) in [6.45, 7) is 12.0. The predicted octanol–water partition coefficient (Wildman–Crippen LogP) is 6.22. The van der Waals surface area contributed by atoms with E-state index in [0.717, 1.165) is 27.6 Å². The molecule has 4 rings (SSSR count). The SMILES string of the molecule is CC.Cc1cc(COc2ccccc2CC(=O)OC(C)(C)C)cc2c1ccn2-c1ncccn1. The smallest absolute Gasteiger partial charge is 0.310 e. The normalized spacial score (nSPS) is 11.0. The van der Waals surface area contributed by atoms with Crippen LogP contribution in [0.1, 0.15) is 51.3 Å². The van der Waals surface area contributed by atoms with E-state index in [1.807, 2.05) is 69.6 Å². The van der Waals surface area contributed by atoms with Gasteiger partial charge >= 0.3 is 5.97 Å². The third-order valence-electron chi connectivity index (χ3n) is 4.96. The van der Waals surface area contributed by atoms with Crippen LogP contribution in [0.15, 0.2) is 67.1 Å². The predicted molar refractivity (Wildman–Crippen MR) is 135 cm³/mol. The maximum atomic E-state index is 12.3. The average molecular weight is 460 g/mol. The molecule has 0 aliphatic rings.